The first-order valence-corrected chi connectivity index (χ1v) is 11.0. The van der Waals surface area contributed by atoms with Gasteiger partial charge in [0.2, 0.25) is 0 Å². The van der Waals surface area contributed by atoms with Gasteiger partial charge in [-0.3, -0.25) is 9.48 Å². The number of nitrogens with zero attached hydrogens (tertiary/aromatic N) is 5. The monoisotopic (exact) mass is 426 g/mol. The summed E-state index contributed by atoms with van der Waals surface area (Å²) >= 11 is 0. The highest BCUT2D eigenvalue weighted by molar-refractivity contribution is 5.99. The summed E-state index contributed by atoms with van der Waals surface area (Å²) in [5.74, 6) is -0.00280. The topological polar surface area (TPSA) is 101 Å². The molecule has 2 aromatic heterocycles. The Balaban J connectivity index is 1.58. The zero-order valence-corrected chi connectivity index (χ0v) is 18.4. The molecule has 1 aliphatic carbocycles. The Morgan fingerprint density at radius 2 is 1.97 bits per heavy atom. The van der Waals surface area contributed by atoms with Crippen LogP contribution in [0.15, 0.2) is 36.7 Å². The molecule has 32 heavy (non-hydrogen) atoms. The molecule has 3 heterocycles. The van der Waals surface area contributed by atoms with Gasteiger partial charge in [0.05, 0.1) is 17.6 Å². The predicted octanol–water partition coefficient (Wildman–Crippen LogP) is 4.23. The molecule has 0 unspecified atom stereocenters. The molecular weight excluding hydrogens is 400 g/mol. The molecule has 1 aliphatic heterocycles. The van der Waals surface area contributed by atoms with Gasteiger partial charge in [-0.15, -0.1) is 0 Å². The molecule has 1 fully saturated rings. The first kappa shape index (κ1) is 20.3. The van der Waals surface area contributed by atoms with E-state index in [0.29, 0.717) is 23.5 Å². The Morgan fingerprint density at radius 1 is 1.19 bits per heavy atom. The largest absolute Gasteiger partial charge is 0.396 e. The van der Waals surface area contributed by atoms with E-state index in [2.05, 4.69) is 23.1 Å². The average Bonchev–Trinajstić information content (AvgIpc) is 3.48. The van der Waals surface area contributed by atoms with E-state index in [9.17, 15) is 10.1 Å². The first-order chi connectivity index (χ1) is 15.4. The van der Waals surface area contributed by atoms with Crippen LogP contribution in [-0.2, 0) is 13.1 Å². The lowest BCUT2D eigenvalue weighted by Crippen LogP contribution is -2.19. The van der Waals surface area contributed by atoms with Crippen molar-refractivity contribution in [2.75, 3.05) is 12.8 Å². The van der Waals surface area contributed by atoms with E-state index in [4.69, 9.17) is 5.73 Å². The third-order valence-electron chi connectivity index (χ3n) is 6.82. The number of hydrogen-bond donors (Lipinski definition) is 1. The smallest absolute Gasteiger partial charge is 0.254 e. The average molecular weight is 427 g/mol. The standard InChI is InChI=1S/C25H26N6O/c1-25(7-3-4-8-25)15-31-14-18(12-28-31)19-10-21(27)22(11-26)29-23(19)16-5-6-17-13-30(2)24(32)20(17)9-16/h5-6,9-10,12,14H,3-4,7-8,13,15,27H2,1-2H3. The molecule has 0 spiro atoms. The van der Waals surface area contributed by atoms with Crippen molar-refractivity contribution >= 4 is 11.6 Å². The molecule has 0 bridgehead atoms. The number of amides is 1. The van der Waals surface area contributed by atoms with Gasteiger partial charge in [0, 0.05) is 48.6 Å². The van der Waals surface area contributed by atoms with E-state index in [-0.39, 0.29) is 17.0 Å². The highest BCUT2D eigenvalue weighted by atomic mass is 16.2. The van der Waals surface area contributed by atoms with Crippen LogP contribution < -0.4 is 5.73 Å². The number of pyridine rings is 1. The summed E-state index contributed by atoms with van der Waals surface area (Å²) in [4.78, 5) is 18.8. The number of nitrogen functional groups attached to an aromatic ring is 1. The minimum atomic E-state index is -0.00280. The van der Waals surface area contributed by atoms with Crippen molar-refractivity contribution in [3.8, 4) is 28.5 Å². The molecule has 1 saturated carbocycles. The number of carbonyl (C=O) groups is 1. The number of hydrogen-bond acceptors (Lipinski definition) is 5. The van der Waals surface area contributed by atoms with Crippen molar-refractivity contribution in [1.82, 2.24) is 19.7 Å². The van der Waals surface area contributed by atoms with Gasteiger partial charge in [-0.25, -0.2) is 4.98 Å². The summed E-state index contributed by atoms with van der Waals surface area (Å²) < 4.78 is 2.00. The lowest BCUT2D eigenvalue weighted by Gasteiger charge is -2.22. The van der Waals surface area contributed by atoms with E-state index < -0.39 is 0 Å². The summed E-state index contributed by atoms with van der Waals surface area (Å²) in [5, 5.41) is 14.1. The van der Waals surface area contributed by atoms with Crippen molar-refractivity contribution in [2.45, 2.75) is 45.7 Å². The van der Waals surface area contributed by atoms with Gasteiger partial charge < -0.3 is 10.6 Å². The lowest BCUT2D eigenvalue weighted by atomic mass is 9.89. The Morgan fingerprint density at radius 3 is 2.72 bits per heavy atom. The third-order valence-corrected chi connectivity index (χ3v) is 6.82. The number of aromatic nitrogens is 3. The fourth-order valence-corrected chi connectivity index (χ4v) is 5.02. The number of nitriles is 1. The van der Waals surface area contributed by atoms with E-state index >= 15 is 0 Å². The summed E-state index contributed by atoms with van der Waals surface area (Å²) in [6.45, 7) is 3.80. The minimum absolute atomic E-state index is 0.00280. The summed E-state index contributed by atoms with van der Waals surface area (Å²) in [6, 6.07) is 9.66. The molecule has 7 nitrogen and oxygen atoms in total. The van der Waals surface area contributed by atoms with Crippen LogP contribution in [0, 0.1) is 16.7 Å². The second-order valence-corrected chi connectivity index (χ2v) is 9.41. The van der Waals surface area contributed by atoms with Gasteiger partial charge in [0.25, 0.3) is 5.91 Å². The van der Waals surface area contributed by atoms with Gasteiger partial charge in [0.15, 0.2) is 5.69 Å². The Bertz CT molecular complexity index is 1260. The molecule has 2 aliphatic rings. The van der Waals surface area contributed by atoms with Crippen molar-refractivity contribution in [3.63, 3.8) is 0 Å². The van der Waals surface area contributed by atoms with Gasteiger partial charge in [-0.2, -0.15) is 10.4 Å². The molecule has 5 rings (SSSR count). The van der Waals surface area contributed by atoms with E-state index in [0.717, 1.165) is 28.8 Å². The Labute approximate surface area is 187 Å². The van der Waals surface area contributed by atoms with Gasteiger partial charge in [-0.1, -0.05) is 31.9 Å². The second-order valence-electron chi connectivity index (χ2n) is 9.41. The molecule has 0 atom stereocenters. The second kappa shape index (κ2) is 7.49. The number of rotatable bonds is 4. The summed E-state index contributed by atoms with van der Waals surface area (Å²) in [7, 11) is 1.79. The molecular formula is C25H26N6O. The molecule has 162 valence electrons. The Hall–Kier alpha value is -3.66. The van der Waals surface area contributed by atoms with Crippen LogP contribution in [0.2, 0.25) is 0 Å². The molecule has 2 N–H and O–H groups in total. The number of fused-ring (bicyclic) bond motifs is 1. The zero-order valence-electron chi connectivity index (χ0n) is 18.4. The molecule has 3 aromatic rings. The SMILES string of the molecule is CN1Cc2ccc(-c3nc(C#N)c(N)cc3-c3cnn(CC4(C)CCCC4)c3)cc2C1=O. The van der Waals surface area contributed by atoms with E-state index in [1.807, 2.05) is 35.3 Å². The molecule has 0 saturated heterocycles. The van der Waals surface area contributed by atoms with Crippen LogP contribution in [0.3, 0.4) is 0 Å². The number of nitrogens with two attached hydrogens (primary N) is 1. The van der Waals surface area contributed by atoms with Crippen molar-refractivity contribution in [3.05, 3.63) is 53.5 Å². The van der Waals surface area contributed by atoms with Crippen LogP contribution >= 0.6 is 0 Å². The highest BCUT2D eigenvalue weighted by Crippen LogP contribution is 2.40. The quantitative estimate of drug-likeness (QED) is 0.673. The minimum Gasteiger partial charge on any atom is -0.396 e. The molecule has 0 radical (unpaired) electrons. The maximum absolute atomic E-state index is 12.5. The fraction of sp³-hybridized carbons (Fsp3) is 0.360. The summed E-state index contributed by atoms with van der Waals surface area (Å²) in [5.41, 5.74) is 11.7. The zero-order chi connectivity index (χ0) is 22.5. The van der Waals surface area contributed by atoms with Crippen LogP contribution in [0.25, 0.3) is 22.4 Å². The number of carbonyl (C=O) groups excluding carboxylic acids is 1. The normalized spacial score (nSPS) is 16.9. The highest BCUT2D eigenvalue weighted by Gasteiger charge is 2.30. The summed E-state index contributed by atoms with van der Waals surface area (Å²) in [6.07, 6.45) is 8.85. The van der Waals surface area contributed by atoms with Crippen molar-refractivity contribution in [1.29, 1.82) is 5.26 Å². The molecule has 1 aromatic carbocycles. The number of benzene rings is 1. The van der Waals surface area contributed by atoms with Crippen molar-refractivity contribution in [2.24, 2.45) is 5.41 Å². The van der Waals surface area contributed by atoms with E-state index in [1.54, 1.807) is 18.0 Å². The number of anilines is 1. The van der Waals surface area contributed by atoms with Gasteiger partial charge in [-0.05, 0) is 36.0 Å². The van der Waals surface area contributed by atoms with Crippen LogP contribution in [0.1, 0.15) is 54.2 Å². The Kier molecular flexibility index (Phi) is 4.74. The van der Waals surface area contributed by atoms with Crippen LogP contribution in [-0.4, -0.2) is 32.6 Å². The van der Waals surface area contributed by atoms with Gasteiger partial charge >= 0.3 is 0 Å². The van der Waals surface area contributed by atoms with Crippen molar-refractivity contribution < 1.29 is 4.79 Å². The predicted molar refractivity (Wildman–Crippen MR) is 122 cm³/mol. The van der Waals surface area contributed by atoms with Crippen LogP contribution in [0.5, 0.6) is 0 Å². The fourth-order valence-electron chi connectivity index (χ4n) is 5.02. The van der Waals surface area contributed by atoms with Gasteiger partial charge in [0.1, 0.15) is 6.07 Å². The first-order valence-electron chi connectivity index (χ1n) is 11.0. The third kappa shape index (κ3) is 3.42. The molecule has 1 amide bonds. The van der Waals surface area contributed by atoms with Crippen LogP contribution in [0.4, 0.5) is 5.69 Å². The van der Waals surface area contributed by atoms with E-state index in [1.165, 1.54) is 25.7 Å². The lowest BCUT2D eigenvalue weighted by molar-refractivity contribution is 0.0816. The molecule has 7 heteroatoms. The maximum Gasteiger partial charge on any atom is 0.254 e. The maximum atomic E-state index is 12.5.